The number of rotatable bonds is 7. The molecule has 0 saturated heterocycles. The molecule has 0 heterocycles. The molecule has 0 saturated carbocycles. The molecule has 17 heavy (non-hydrogen) atoms. The van der Waals surface area contributed by atoms with E-state index < -0.39 is 0 Å². The zero-order valence-corrected chi connectivity index (χ0v) is 11.4. The predicted octanol–water partition coefficient (Wildman–Crippen LogP) is 3.96. The minimum Gasteiger partial charge on any atom is -0.497 e. The fraction of sp³-hybridized carbons (Fsp3) is 0.600. The zero-order chi connectivity index (χ0) is 12.7. The molecule has 0 aliphatic heterocycles. The minimum atomic E-state index is 0.941. The third-order valence-electron chi connectivity index (χ3n) is 3.16. The zero-order valence-electron chi connectivity index (χ0n) is 11.4. The first-order valence-corrected chi connectivity index (χ1v) is 6.68. The SMILES string of the molecule is CCCCc1cc(OC)cc(CCCC)c1N. The number of benzene rings is 1. The van der Waals surface area contributed by atoms with Crippen molar-refractivity contribution in [3.63, 3.8) is 0 Å². The molecule has 0 spiro atoms. The lowest BCUT2D eigenvalue weighted by Gasteiger charge is -2.13. The van der Waals surface area contributed by atoms with Crippen molar-refractivity contribution >= 4 is 5.69 Å². The van der Waals surface area contributed by atoms with Crippen LogP contribution in [0.15, 0.2) is 12.1 Å². The molecule has 2 N–H and O–H groups in total. The monoisotopic (exact) mass is 235 g/mol. The van der Waals surface area contributed by atoms with Crippen molar-refractivity contribution in [1.29, 1.82) is 0 Å². The molecule has 1 aromatic rings. The van der Waals surface area contributed by atoms with Crippen LogP contribution >= 0.6 is 0 Å². The molecule has 0 aliphatic rings. The molecule has 0 aliphatic carbocycles. The lowest BCUT2D eigenvalue weighted by molar-refractivity contribution is 0.413. The summed E-state index contributed by atoms with van der Waals surface area (Å²) in [5, 5.41) is 0. The summed E-state index contributed by atoms with van der Waals surface area (Å²) in [4.78, 5) is 0. The van der Waals surface area contributed by atoms with E-state index in [1.807, 2.05) is 0 Å². The van der Waals surface area contributed by atoms with Crippen molar-refractivity contribution in [2.75, 3.05) is 12.8 Å². The topological polar surface area (TPSA) is 35.2 Å². The highest BCUT2D eigenvalue weighted by atomic mass is 16.5. The van der Waals surface area contributed by atoms with Crippen LogP contribution in [0.5, 0.6) is 5.75 Å². The molecule has 0 aromatic heterocycles. The third kappa shape index (κ3) is 3.95. The van der Waals surface area contributed by atoms with Crippen molar-refractivity contribution in [3.05, 3.63) is 23.3 Å². The standard InChI is InChI=1S/C15H25NO/c1-4-6-8-12-10-14(17-3)11-13(15(12)16)9-7-5-2/h10-11H,4-9,16H2,1-3H3. The third-order valence-corrected chi connectivity index (χ3v) is 3.16. The van der Waals surface area contributed by atoms with Gasteiger partial charge >= 0.3 is 0 Å². The summed E-state index contributed by atoms with van der Waals surface area (Å²) in [5.41, 5.74) is 9.71. The van der Waals surface area contributed by atoms with E-state index in [9.17, 15) is 0 Å². The van der Waals surface area contributed by atoms with Gasteiger partial charge in [-0.1, -0.05) is 26.7 Å². The van der Waals surface area contributed by atoms with Crippen molar-refractivity contribution < 1.29 is 4.74 Å². The summed E-state index contributed by atoms with van der Waals surface area (Å²) in [6, 6.07) is 4.17. The number of nitrogens with two attached hydrogens (primary N) is 1. The van der Waals surface area contributed by atoms with E-state index in [-0.39, 0.29) is 0 Å². The van der Waals surface area contributed by atoms with E-state index in [1.165, 1.54) is 36.8 Å². The van der Waals surface area contributed by atoms with Gasteiger partial charge in [0, 0.05) is 5.69 Å². The molecule has 0 bridgehead atoms. The molecular weight excluding hydrogens is 210 g/mol. The largest absolute Gasteiger partial charge is 0.497 e. The van der Waals surface area contributed by atoms with Crippen LogP contribution in [0, 0.1) is 0 Å². The average molecular weight is 235 g/mol. The van der Waals surface area contributed by atoms with Crippen LogP contribution in [0.1, 0.15) is 50.7 Å². The molecule has 0 amide bonds. The fourth-order valence-electron chi connectivity index (χ4n) is 2.01. The number of hydrogen-bond donors (Lipinski definition) is 1. The molecule has 2 heteroatoms. The molecule has 1 aromatic carbocycles. The number of ether oxygens (including phenoxy) is 1. The van der Waals surface area contributed by atoms with E-state index in [1.54, 1.807) is 7.11 Å². The Morgan fingerprint density at radius 1 is 1.00 bits per heavy atom. The van der Waals surface area contributed by atoms with E-state index in [4.69, 9.17) is 10.5 Å². The van der Waals surface area contributed by atoms with E-state index >= 15 is 0 Å². The second-order valence-corrected chi connectivity index (χ2v) is 4.57. The number of methoxy groups -OCH3 is 1. The Hall–Kier alpha value is -1.18. The Bertz CT molecular complexity index is 318. The van der Waals surface area contributed by atoms with Gasteiger partial charge in [-0.15, -0.1) is 0 Å². The molecule has 0 atom stereocenters. The number of anilines is 1. The number of aryl methyl sites for hydroxylation is 2. The number of unbranched alkanes of at least 4 members (excludes halogenated alkanes) is 2. The van der Waals surface area contributed by atoms with E-state index in [2.05, 4.69) is 26.0 Å². The van der Waals surface area contributed by atoms with Crippen LogP contribution in [0.4, 0.5) is 5.69 Å². The molecule has 1 rings (SSSR count). The Morgan fingerprint density at radius 3 is 1.82 bits per heavy atom. The van der Waals surface area contributed by atoms with Crippen molar-refractivity contribution in [2.24, 2.45) is 0 Å². The van der Waals surface area contributed by atoms with Gasteiger partial charge in [-0.2, -0.15) is 0 Å². The molecule has 2 nitrogen and oxygen atoms in total. The second-order valence-electron chi connectivity index (χ2n) is 4.57. The van der Waals surface area contributed by atoms with Gasteiger partial charge in [-0.05, 0) is 48.9 Å². The van der Waals surface area contributed by atoms with Gasteiger partial charge < -0.3 is 10.5 Å². The van der Waals surface area contributed by atoms with E-state index in [0.29, 0.717) is 0 Å². The minimum absolute atomic E-state index is 0.941. The van der Waals surface area contributed by atoms with Crippen molar-refractivity contribution in [1.82, 2.24) is 0 Å². The number of hydrogen-bond acceptors (Lipinski definition) is 2. The molecule has 96 valence electrons. The summed E-state index contributed by atoms with van der Waals surface area (Å²) in [7, 11) is 1.72. The summed E-state index contributed by atoms with van der Waals surface area (Å²) in [6.45, 7) is 4.41. The van der Waals surface area contributed by atoms with Crippen molar-refractivity contribution in [3.8, 4) is 5.75 Å². The Morgan fingerprint density at radius 2 is 1.47 bits per heavy atom. The van der Waals surface area contributed by atoms with Crippen LogP contribution < -0.4 is 10.5 Å². The second kappa shape index (κ2) is 7.21. The van der Waals surface area contributed by atoms with Gasteiger partial charge in [0.1, 0.15) is 5.75 Å². The molecule has 0 unspecified atom stereocenters. The molecule has 0 radical (unpaired) electrons. The predicted molar refractivity (Wildman–Crippen MR) is 74.6 cm³/mol. The highest BCUT2D eigenvalue weighted by Gasteiger charge is 2.08. The quantitative estimate of drug-likeness (QED) is 0.726. The van der Waals surface area contributed by atoms with Crippen LogP contribution in [-0.2, 0) is 12.8 Å². The maximum absolute atomic E-state index is 6.23. The summed E-state index contributed by atoms with van der Waals surface area (Å²) >= 11 is 0. The van der Waals surface area contributed by atoms with Crippen LogP contribution in [0.2, 0.25) is 0 Å². The first kappa shape index (κ1) is 13.9. The highest BCUT2D eigenvalue weighted by Crippen LogP contribution is 2.27. The average Bonchev–Trinajstić information content (AvgIpc) is 2.36. The molecule has 0 fully saturated rings. The van der Waals surface area contributed by atoms with Gasteiger partial charge in [-0.25, -0.2) is 0 Å². The summed E-state index contributed by atoms with van der Waals surface area (Å²) in [5.74, 6) is 0.941. The van der Waals surface area contributed by atoms with Gasteiger partial charge in [0.05, 0.1) is 7.11 Å². The highest BCUT2D eigenvalue weighted by molar-refractivity contribution is 5.57. The first-order valence-electron chi connectivity index (χ1n) is 6.68. The van der Waals surface area contributed by atoms with Gasteiger partial charge in [0.25, 0.3) is 0 Å². The number of nitrogen functional groups attached to an aromatic ring is 1. The van der Waals surface area contributed by atoms with Gasteiger partial charge in [0.15, 0.2) is 0 Å². The maximum atomic E-state index is 6.23. The first-order chi connectivity index (χ1) is 8.22. The van der Waals surface area contributed by atoms with E-state index in [0.717, 1.165) is 24.3 Å². The van der Waals surface area contributed by atoms with Crippen LogP contribution in [0.3, 0.4) is 0 Å². The maximum Gasteiger partial charge on any atom is 0.119 e. The Kier molecular flexibility index (Phi) is 5.88. The van der Waals surface area contributed by atoms with Crippen LogP contribution in [-0.4, -0.2) is 7.11 Å². The van der Waals surface area contributed by atoms with Gasteiger partial charge in [0.2, 0.25) is 0 Å². The van der Waals surface area contributed by atoms with Crippen molar-refractivity contribution in [2.45, 2.75) is 52.4 Å². The Balaban J connectivity index is 2.94. The Labute approximate surface area is 105 Å². The fourth-order valence-corrected chi connectivity index (χ4v) is 2.01. The lowest BCUT2D eigenvalue weighted by atomic mass is 9.98. The molecular formula is C15H25NO. The summed E-state index contributed by atoms with van der Waals surface area (Å²) < 4.78 is 5.35. The van der Waals surface area contributed by atoms with Crippen LogP contribution in [0.25, 0.3) is 0 Å². The normalized spacial score (nSPS) is 10.5. The summed E-state index contributed by atoms with van der Waals surface area (Å²) in [6.07, 6.45) is 6.87. The van der Waals surface area contributed by atoms with Gasteiger partial charge in [-0.3, -0.25) is 0 Å². The lowest BCUT2D eigenvalue weighted by Crippen LogP contribution is -2.02. The smallest absolute Gasteiger partial charge is 0.119 e.